The van der Waals surface area contributed by atoms with E-state index in [1.807, 2.05) is 0 Å². The van der Waals surface area contributed by atoms with Gasteiger partial charge < -0.3 is 0 Å². The van der Waals surface area contributed by atoms with Gasteiger partial charge in [0, 0.05) is 9.61 Å². The number of hydrogen-bond donors (Lipinski definition) is 1. The Kier molecular flexibility index (Phi) is 3.06. The molecule has 0 saturated heterocycles. The smallest absolute Gasteiger partial charge is 0.268 e. The van der Waals surface area contributed by atoms with Crippen molar-refractivity contribution in [3.63, 3.8) is 0 Å². The summed E-state index contributed by atoms with van der Waals surface area (Å²) >= 11 is 2.08. The van der Waals surface area contributed by atoms with Gasteiger partial charge in [-0.05, 0) is 54.6 Å². The normalized spacial score (nSPS) is 17.9. The van der Waals surface area contributed by atoms with E-state index in [0.717, 1.165) is 7.88 Å². The summed E-state index contributed by atoms with van der Waals surface area (Å²) in [6, 6.07) is 4.62. The Bertz CT molecular complexity index is 583. The molecule has 1 amide bonds. The van der Waals surface area contributed by atoms with Crippen LogP contribution in [0.25, 0.3) is 0 Å². The molecule has 0 bridgehead atoms. The van der Waals surface area contributed by atoms with E-state index in [4.69, 9.17) is 0 Å². The molecular formula is C10H11IN2O3S. The minimum Gasteiger partial charge on any atom is -0.268 e. The molecule has 0 aromatic heterocycles. The van der Waals surface area contributed by atoms with Crippen LogP contribution in [0.15, 0.2) is 18.2 Å². The molecule has 0 radical (unpaired) electrons. The number of fused-ring (bicyclic) bond motifs is 1. The van der Waals surface area contributed by atoms with Gasteiger partial charge in [0.15, 0.2) is 0 Å². The van der Waals surface area contributed by atoms with Crippen LogP contribution in [-0.2, 0) is 10.2 Å². The van der Waals surface area contributed by atoms with Gasteiger partial charge in [-0.15, -0.1) is 0 Å². The van der Waals surface area contributed by atoms with Crippen LogP contribution < -0.4 is 4.72 Å². The third-order valence-corrected chi connectivity index (χ3v) is 4.63. The average Bonchev–Trinajstić information content (AvgIpc) is 2.17. The minimum atomic E-state index is -3.77. The summed E-state index contributed by atoms with van der Waals surface area (Å²) < 4.78 is 27.9. The topological polar surface area (TPSA) is 66.5 Å². The first-order valence-corrected chi connectivity index (χ1v) is 7.51. The van der Waals surface area contributed by atoms with E-state index >= 15 is 0 Å². The van der Waals surface area contributed by atoms with Gasteiger partial charge in [0.05, 0.1) is 11.3 Å². The Hall–Kier alpha value is -0.830. The van der Waals surface area contributed by atoms with Gasteiger partial charge in [-0.3, -0.25) is 9.52 Å². The fraction of sp³-hybridized carbons (Fsp3) is 0.300. The lowest BCUT2D eigenvalue weighted by Crippen LogP contribution is -2.48. The van der Waals surface area contributed by atoms with Crippen molar-refractivity contribution < 1.29 is 13.2 Å². The Morgan fingerprint density at radius 3 is 2.59 bits per heavy atom. The zero-order chi connectivity index (χ0) is 12.8. The van der Waals surface area contributed by atoms with Crippen molar-refractivity contribution >= 4 is 44.4 Å². The quantitative estimate of drug-likeness (QED) is 0.771. The minimum absolute atomic E-state index is 0.340. The van der Waals surface area contributed by atoms with Gasteiger partial charge in [-0.1, -0.05) is 0 Å². The maximum atomic E-state index is 12.1. The number of nitrogens with zero attached hydrogens (tertiary/aromatic N) is 1. The lowest BCUT2D eigenvalue weighted by atomic mass is 10.1. The summed E-state index contributed by atoms with van der Waals surface area (Å²) in [5.74, 6) is -0.479. The van der Waals surface area contributed by atoms with E-state index in [2.05, 4.69) is 27.3 Å². The number of amides is 1. The summed E-state index contributed by atoms with van der Waals surface area (Å²) in [6.45, 7) is 3.33. The standard InChI is InChI=1S/C10H11IN2O3S/c1-6(2)13-10(14)8-5-7(11)3-4-9(8)12-17(13,15)16/h3-6,12H,1-2H3. The summed E-state index contributed by atoms with van der Waals surface area (Å²) in [5, 5.41) is 0. The highest BCUT2D eigenvalue weighted by atomic mass is 127. The average molecular weight is 366 g/mol. The van der Waals surface area contributed by atoms with Gasteiger partial charge in [0.1, 0.15) is 0 Å². The second kappa shape index (κ2) is 4.13. The Labute approximate surface area is 114 Å². The molecule has 92 valence electrons. The van der Waals surface area contributed by atoms with Crippen molar-refractivity contribution in [2.75, 3.05) is 4.72 Å². The van der Waals surface area contributed by atoms with Crippen molar-refractivity contribution in [2.24, 2.45) is 0 Å². The maximum absolute atomic E-state index is 12.1. The molecule has 0 spiro atoms. The largest absolute Gasteiger partial charge is 0.326 e. The molecule has 0 fully saturated rings. The van der Waals surface area contributed by atoms with Crippen LogP contribution in [0.4, 0.5) is 5.69 Å². The molecule has 0 aliphatic carbocycles. The summed E-state index contributed by atoms with van der Waals surface area (Å²) in [4.78, 5) is 12.1. The van der Waals surface area contributed by atoms with Crippen LogP contribution in [-0.4, -0.2) is 24.7 Å². The van der Waals surface area contributed by atoms with Crippen molar-refractivity contribution in [3.05, 3.63) is 27.3 Å². The van der Waals surface area contributed by atoms with E-state index < -0.39 is 22.2 Å². The van der Waals surface area contributed by atoms with Crippen molar-refractivity contribution in [2.45, 2.75) is 19.9 Å². The predicted molar refractivity (Wildman–Crippen MR) is 73.0 cm³/mol. The molecule has 1 aromatic rings. The van der Waals surface area contributed by atoms with Gasteiger partial charge in [0.25, 0.3) is 5.91 Å². The molecule has 5 nitrogen and oxygen atoms in total. The van der Waals surface area contributed by atoms with Crippen molar-refractivity contribution in [3.8, 4) is 0 Å². The summed E-state index contributed by atoms with van der Waals surface area (Å²) in [7, 11) is -3.77. The molecule has 1 heterocycles. The highest BCUT2D eigenvalue weighted by molar-refractivity contribution is 14.1. The molecule has 0 saturated carbocycles. The molecule has 1 aromatic carbocycles. The molecule has 1 N–H and O–H groups in total. The third kappa shape index (κ3) is 2.13. The van der Waals surface area contributed by atoms with E-state index in [9.17, 15) is 13.2 Å². The molecule has 1 aliphatic heterocycles. The number of halogens is 1. The van der Waals surface area contributed by atoms with Gasteiger partial charge >= 0.3 is 10.2 Å². The monoisotopic (exact) mass is 366 g/mol. The van der Waals surface area contributed by atoms with Gasteiger partial charge in [-0.25, -0.2) is 4.31 Å². The lowest BCUT2D eigenvalue weighted by Gasteiger charge is -2.31. The Morgan fingerprint density at radius 2 is 2.00 bits per heavy atom. The molecule has 2 rings (SSSR count). The van der Waals surface area contributed by atoms with Gasteiger partial charge in [0.2, 0.25) is 0 Å². The number of nitrogens with one attached hydrogen (secondary N) is 1. The molecular weight excluding hydrogens is 355 g/mol. The van der Waals surface area contributed by atoms with Gasteiger partial charge in [-0.2, -0.15) is 8.42 Å². The highest BCUT2D eigenvalue weighted by Crippen LogP contribution is 2.28. The molecule has 1 aliphatic rings. The number of benzene rings is 1. The third-order valence-electron chi connectivity index (χ3n) is 2.38. The zero-order valence-corrected chi connectivity index (χ0v) is 12.2. The number of carbonyl (C=O) groups excluding carboxylic acids is 1. The first-order valence-electron chi connectivity index (χ1n) is 4.99. The second-order valence-corrected chi connectivity index (χ2v) is 6.79. The highest BCUT2D eigenvalue weighted by Gasteiger charge is 2.37. The fourth-order valence-corrected chi connectivity index (χ4v) is 3.63. The second-order valence-electron chi connectivity index (χ2n) is 3.99. The molecule has 17 heavy (non-hydrogen) atoms. The van der Waals surface area contributed by atoms with Crippen LogP contribution in [0, 0.1) is 3.57 Å². The van der Waals surface area contributed by atoms with Crippen molar-refractivity contribution in [1.82, 2.24) is 4.31 Å². The molecule has 0 atom stereocenters. The number of carbonyl (C=O) groups is 1. The zero-order valence-electron chi connectivity index (χ0n) is 9.27. The first-order chi connectivity index (χ1) is 7.83. The molecule has 0 unspecified atom stereocenters. The fourth-order valence-electron chi connectivity index (χ4n) is 1.71. The van der Waals surface area contributed by atoms with Crippen LogP contribution in [0.1, 0.15) is 24.2 Å². The summed E-state index contributed by atoms with van der Waals surface area (Å²) in [6.07, 6.45) is 0. The molecule has 7 heteroatoms. The predicted octanol–water partition coefficient (Wildman–Crippen LogP) is 1.81. The van der Waals surface area contributed by atoms with E-state index in [-0.39, 0.29) is 0 Å². The SMILES string of the molecule is CC(C)N1C(=O)c2cc(I)ccc2NS1(=O)=O. The summed E-state index contributed by atoms with van der Waals surface area (Å²) in [5.41, 5.74) is 0.729. The maximum Gasteiger partial charge on any atom is 0.326 e. The van der Waals surface area contributed by atoms with Crippen LogP contribution in [0.5, 0.6) is 0 Å². The van der Waals surface area contributed by atoms with E-state index in [1.165, 1.54) is 0 Å². The van der Waals surface area contributed by atoms with Crippen LogP contribution in [0.3, 0.4) is 0 Å². The first kappa shape index (κ1) is 12.6. The lowest BCUT2D eigenvalue weighted by molar-refractivity contribution is 0.0834. The van der Waals surface area contributed by atoms with Crippen LogP contribution in [0.2, 0.25) is 0 Å². The van der Waals surface area contributed by atoms with Crippen molar-refractivity contribution in [1.29, 1.82) is 0 Å². The Balaban J connectivity index is 2.62. The number of hydrogen-bond acceptors (Lipinski definition) is 3. The van der Waals surface area contributed by atoms with E-state index in [1.54, 1.807) is 32.0 Å². The number of rotatable bonds is 1. The van der Waals surface area contributed by atoms with Crippen LogP contribution >= 0.6 is 22.6 Å². The number of anilines is 1. The van der Waals surface area contributed by atoms with E-state index in [0.29, 0.717) is 11.3 Å². The Morgan fingerprint density at radius 1 is 1.35 bits per heavy atom.